The van der Waals surface area contributed by atoms with Crippen molar-refractivity contribution >= 4 is 0 Å². The van der Waals surface area contributed by atoms with Gasteiger partial charge in [0.25, 0.3) is 0 Å². The van der Waals surface area contributed by atoms with Crippen LogP contribution in [0.25, 0.3) is 0 Å². The van der Waals surface area contributed by atoms with Crippen LogP contribution in [0.1, 0.15) is 233 Å². The summed E-state index contributed by atoms with van der Waals surface area (Å²) in [5.74, 6) is 1.66. The van der Waals surface area contributed by atoms with E-state index in [1.807, 2.05) is 0 Å². The Morgan fingerprint density at radius 1 is 0.351 bits per heavy atom. The van der Waals surface area contributed by atoms with Crippen molar-refractivity contribution in [2.24, 2.45) is 11.8 Å². The lowest BCUT2D eigenvalue weighted by molar-refractivity contribution is -0.0968. The van der Waals surface area contributed by atoms with Crippen LogP contribution < -0.4 is 0 Å². The number of nitrogens with zero attached hydrogens (tertiary/aromatic N) is 1. The topological polar surface area (TPSA) is 58.6 Å². The van der Waals surface area contributed by atoms with E-state index in [4.69, 9.17) is 28.4 Å². The van der Waals surface area contributed by atoms with E-state index < -0.39 is 0 Å². The third-order valence-electron chi connectivity index (χ3n) is 12.3. The third-order valence-corrected chi connectivity index (χ3v) is 12.3. The maximum atomic E-state index is 6.31. The highest BCUT2D eigenvalue weighted by atomic mass is 16.7. The summed E-state index contributed by atoms with van der Waals surface area (Å²) in [6.45, 7) is 18.1. The molecule has 0 amide bonds. The van der Waals surface area contributed by atoms with Gasteiger partial charge in [-0.2, -0.15) is 0 Å². The molecule has 1 rings (SSSR count). The minimum atomic E-state index is 0.313. The first-order chi connectivity index (χ1) is 28.2. The Balaban J connectivity index is 2.13. The molecule has 1 saturated heterocycles. The molecule has 0 radical (unpaired) electrons. The van der Waals surface area contributed by atoms with Crippen molar-refractivity contribution in [2.75, 3.05) is 73.0 Å². The molecule has 0 atom stereocenters. The van der Waals surface area contributed by atoms with Gasteiger partial charge >= 0.3 is 0 Å². The van der Waals surface area contributed by atoms with Crippen LogP contribution in [-0.2, 0) is 28.4 Å². The van der Waals surface area contributed by atoms with Gasteiger partial charge in [0.2, 0.25) is 0 Å². The van der Waals surface area contributed by atoms with E-state index in [-0.39, 0.29) is 0 Å². The first-order valence-electron chi connectivity index (χ1n) is 25.5. The highest BCUT2D eigenvalue weighted by Gasteiger charge is 2.13. The van der Waals surface area contributed by atoms with Gasteiger partial charge in [-0.05, 0) is 76.3 Å². The van der Waals surface area contributed by atoms with Crippen LogP contribution in [0.3, 0.4) is 0 Å². The second-order valence-electron chi connectivity index (χ2n) is 17.6. The van der Waals surface area contributed by atoms with Gasteiger partial charge in [-0.25, -0.2) is 0 Å². The zero-order chi connectivity index (χ0) is 41.0. The van der Waals surface area contributed by atoms with Crippen molar-refractivity contribution in [3.8, 4) is 0 Å². The predicted octanol–water partition coefficient (Wildman–Crippen LogP) is 14.4. The van der Waals surface area contributed by atoms with Gasteiger partial charge in [0.05, 0.1) is 12.7 Å². The molecule has 1 aliphatic rings. The molecule has 0 aromatic rings. The van der Waals surface area contributed by atoms with Crippen molar-refractivity contribution in [2.45, 2.75) is 239 Å². The summed E-state index contributed by atoms with van der Waals surface area (Å²) in [4.78, 5) is 2.51. The molecule has 0 spiro atoms. The molecule has 0 saturated carbocycles. The maximum absolute atomic E-state index is 6.31. The maximum Gasteiger partial charge on any atom is 0.147 e. The predicted molar refractivity (Wildman–Crippen MR) is 243 cm³/mol. The monoisotopic (exact) mass is 812 g/mol. The third kappa shape index (κ3) is 38.4. The average Bonchev–Trinajstić information content (AvgIpc) is 3.74. The van der Waals surface area contributed by atoms with E-state index in [0.29, 0.717) is 26.5 Å². The van der Waals surface area contributed by atoms with E-state index in [1.54, 1.807) is 0 Å². The van der Waals surface area contributed by atoms with Gasteiger partial charge < -0.3 is 33.3 Å². The average molecular weight is 812 g/mol. The molecule has 1 aliphatic heterocycles. The molecule has 1 heterocycles. The highest BCUT2D eigenvalue weighted by molar-refractivity contribution is 4.66. The van der Waals surface area contributed by atoms with Gasteiger partial charge in [-0.15, -0.1) is 0 Å². The number of hydrogen-bond acceptors (Lipinski definition) is 7. The summed E-state index contributed by atoms with van der Waals surface area (Å²) in [6.07, 6.45) is 41.6. The van der Waals surface area contributed by atoms with Crippen LogP contribution in [0.4, 0.5) is 0 Å². The lowest BCUT2D eigenvalue weighted by atomic mass is 9.92. The van der Waals surface area contributed by atoms with Crippen LogP contribution in [0.2, 0.25) is 0 Å². The smallest absolute Gasteiger partial charge is 0.147 e. The van der Waals surface area contributed by atoms with Crippen LogP contribution >= 0.6 is 0 Å². The molecule has 7 nitrogen and oxygen atoms in total. The molecule has 0 aromatic carbocycles. The van der Waals surface area contributed by atoms with Crippen LogP contribution in [0.5, 0.6) is 0 Å². The quantitative estimate of drug-likeness (QED) is 0.0448. The largest absolute Gasteiger partial charge is 0.355 e. The van der Waals surface area contributed by atoms with E-state index in [9.17, 15) is 0 Å². The lowest BCUT2D eigenvalue weighted by Crippen LogP contribution is -2.25. The Bertz CT molecular complexity index is 684. The Hall–Kier alpha value is -0.280. The van der Waals surface area contributed by atoms with Gasteiger partial charge in [-0.3, -0.25) is 0 Å². The van der Waals surface area contributed by atoms with Crippen molar-refractivity contribution in [1.82, 2.24) is 4.90 Å². The van der Waals surface area contributed by atoms with Crippen molar-refractivity contribution < 1.29 is 28.4 Å². The fourth-order valence-electron chi connectivity index (χ4n) is 8.38. The number of hydrogen-bond donors (Lipinski definition) is 0. The van der Waals surface area contributed by atoms with Crippen molar-refractivity contribution in [3.05, 3.63) is 0 Å². The summed E-state index contributed by atoms with van der Waals surface area (Å²) in [7, 11) is 0. The molecule has 0 aromatic heterocycles. The molecule has 342 valence electrons. The van der Waals surface area contributed by atoms with Gasteiger partial charge in [0.1, 0.15) is 20.4 Å². The van der Waals surface area contributed by atoms with Crippen molar-refractivity contribution in [1.29, 1.82) is 0 Å². The van der Waals surface area contributed by atoms with E-state index in [1.165, 1.54) is 193 Å². The lowest BCUT2D eigenvalue weighted by Gasteiger charge is -2.19. The SMILES string of the molecule is CCCCCC(CCCCC)CCOCOCCCCCCCC(CCCCCCCOCOCCC(CCCCC)CCCCC)OCOCCN1CCCC1. The highest BCUT2D eigenvalue weighted by Crippen LogP contribution is 2.23. The van der Waals surface area contributed by atoms with E-state index >= 15 is 0 Å². The van der Waals surface area contributed by atoms with Gasteiger partial charge in [-0.1, -0.05) is 182 Å². The zero-order valence-corrected chi connectivity index (χ0v) is 39.0. The first kappa shape index (κ1) is 54.7. The molecule has 0 bridgehead atoms. The summed E-state index contributed by atoms with van der Waals surface area (Å²) < 4.78 is 35.6. The molecule has 0 N–H and O–H groups in total. The second kappa shape index (κ2) is 45.3. The minimum absolute atomic E-state index is 0.313. The van der Waals surface area contributed by atoms with Crippen LogP contribution in [0, 0.1) is 11.8 Å². The molecular weight excluding hydrogens is 711 g/mol. The fraction of sp³-hybridized carbons (Fsp3) is 1.00. The Kier molecular flexibility index (Phi) is 43.5. The molecular formula is C50H101NO6. The fourth-order valence-corrected chi connectivity index (χ4v) is 8.38. The van der Waals surface area contributed by atoms with Gasteiger partial charge in [0.15, 0.2) is 0 Å². The van der Waals surface area contributed by atoms with E-state index in [2.05, 4.69) is 32.6 Å². The normalized spacial score (nSPS) is 13.7. The number of likely N-dealkylation sites (tertiary alicyclic amines) is 1. The number of unbranched alkanes of at least 4 members (excludes halogenated alkanes) is 16. The summed E-state index contributed by atoms with van der Waals surface area (Å²) in [5, 5.41) is 0. The van der Waals surface area contributed by atoms with Crippen LogP contribution in [-0.4, -0.2) is 84.1 Å². The second-order valence-corrected chi connectivity index (χ2v) is 17.6. The zero-order valence-electron chi connectivity index (χ0n) is 39.0. The first-order valence-corrected chi connectivity index (χ1v) is 25.5. The van der Waals surface area contributed by atoms with E-state index in [0.717, 1.165) is 77.1 Å². The number of rotatable bonds is 48. The van der Waals surface area contributed by atoms with Crippen LogP contribution in [0.15, 0.2) is 0 Å². The Morgan fingerprint density at radius 3 is 1.16 bits per heavy atom. The summed E-state index contributed by atoms with van der Waals surface area (Å²) in [5.41, 5.74) is 0. The molecule has 7 heteroatoms. The summed E-state index contributed by atoms with van der Waals surface area (Å²) in [6, 6.07) is 0. The minimum Gasteiger partial charge on any atom is -0.355 e. The standard InChI is InChI=1S/C50H101NO6/c1-5-9-19-29-48(30-20-10-6-2)35-42-54-45-52-40-27-17-13-15-23-33-50(57-47-56-44-39-51-37-25-26-38-51)34-24-16-14-18-28-41-53-46-55-43-36-49(31-21-11-7-3)32-22-12-8-4/h48-50H,5-47H2,1-4H3. The summed E-state index contributed by atoms with van der Waals surface area (Å²) >= 11 is 0. The molecule has 0 unspecified atom stereocenters. The molecule has 1 fully saturated rings. The Labute approximate surface area is 356 Å². The Morgan fingerprint density at radius 2 is 0.719 bits per heavy atom. The molecule has 57 heavy (non-hydrogen) atoms. The van der Waals surface area contributed by atoms with Crippen molar-refractivity contribution in [3.63, 3.8) is 0 Å². The molecule has 0 aliphatic carbocycles. The number of ether oxygens (including phenoxy) is 6. The van der Waals surface area contributed by atoms with Gasteiger partial charge in [0, 0.05) is 33.0 Å².